The van der Waals surface area contributed by atoms with E-state index in [0.29, 0.717) is 13.1 Å². The Kier molecular flexibility index (Phi) is 3.73. The van der Waals surface area contributed by atoms with E-state index in [1.54, 1.807) is 4.90 Å². The Hall–Kier alpha value is -1.65. The average Bonchev–Trinajstić information content (AvgIpc) is 2.35. The van der Waals surface area contributed by atoms with Gasteiger partial charge in [0.15, 0.2) is 0 Å². The van der Waals surface area contributed by atoms with Gasteiger partial charge in [0.1, 0.15) is 11.4 Å². The van der Waals surface area contributed by atoms with E-state index in [-0.39, 0.29) is 6.09 Å². The van der Waals surface area contributed by atoms with E-state index >= 15 is 0 Å². The maximum absolute atomic E-state index is 12.0. The Labute approximate surface area is 114 Å². The standard InChI is InChI=1S/C14H21N3O2/c1-5-12-15-8-10-6-7-17(9-11(10)16-12)13(18)19-14(2,3)4/h8H,5-7,9H2,1-4H3. The van der Waals surface area contributed by atoms with Crippen LogP contribution in [-0.2, 0) is 24.1 Å². The van der Waals surface area contributed by atoms with Crippen LogP contribution in [-0.4, -0.2) is 33.1 Å². The van der Waals surface area contributed by atoms with E-state index in [2.05, 4.69) is 9.97 Å². The van der Waals surface area contributed by atoms with Gasteiger partial charge in [-0.15, -0.1) is 0 Å². The number of carbonyl (C=O) groups excluding carboxylic acids is 1. The summed E-state index contributed by atoms with van der Waals surface area (Å²) in [4.78, 5) is 22.5. The molecule has 0 aromatic carbocycles. The second kappa shape index (κ2) is 5.15. The van der Waals surface area contributed by atoms with E-state index in [1.807, 2.05) is 33.9 Å². The van der Waals surface area contributed by atoms with Crippen molar-refractivity contribution < 1.29 is 9.53 Å². The fourth-order valence-corrected chi connectivity index (χ4v) is 2.00. The molecule has 0 fully saturated rings. The third kappa shape index (κ3) is 3.43. The lowest BCUT2D eigenvalue weighted by atomic mass is 10.1. The van der Waals surface area contributed by atoms with Gasteiger partial charge < -0.3 is 9.64 Å². The minimum absolute atomic E-state index is 0.269. The largest absolute Gasteiger partial charge is 0.444 e. The Morgan fingerprint density at radius 1 is 1.47 bits per heavy atom. The van der Waals surface area contributed by atoms with Crippen LogP contribution in [0, 0.1) is 0 Å². The van der Waals surface area contributed by atoms with Crippen LogP contribution in [0.25, 0.3) is 0 Å². The van der Waals surface area contributed by atoms with Gasteiger partial charge in [-0.2, -0.15) is 0 Å². The van der Waals surface area contributed by atoms with Gasteiger partial charge in [0.05, 0.1) is 12.2 Å². The summed E-state index contributed by atoms with van der Waals surface area (Å²) < 4.78 is 5.39. The fourth-order valence-electron chi connectivity index (χ4n) is 2.00. The predicted molar refractivity (Wildman–Crippen MR) is 71.8 cm³/mol. The Balaban J connectivity index is 2.10. The highest BCUT2D eigenvalue weighted by Crippen LogP contribution is 2.19. The molecule has 2 rings (SSSR count). The van der Waals surface area contributed by atoms with Crippen molar-refractivity contribution in [2.75, 3.05) is 6.54 Å². The molecule has 1 aromatic rings. The second-order valence-corrected chi connectivity index (χ2v) is 5.76. The van der Waals surface area contributed by atoms with Crippen molar-refractivity contribution in [3.8, 4) is 0 Å². The topological polar surface area (TPSA) is 55.3 Å². The highest BCUT2D eigenvalue weighted by atomic mass is 16.6. The van der Waals surface area contributed by atoms with E-state index in [0.717, 1.165) is 29.9 Å². The molecule has 1 aliphatic rings. The van der Waals surface area contributed by atoms with Gasteiger partial charge in [-0.1, -0.05) is 6.92 Å². The van der Waals surface area contributed by atoms with E-state index in [4.69, 9.17) is 4.74 Å². The maximum Gasteiger partial charge on any atom is 0.410 e. The second-order valence-electron chi connectivity index (χ2n) is 5.76. The molecule has 0 unspecified atom stereocenters. The van der Waals surface area contributed by atoms with Crippen LogP contribution >= 0.6 is 0 Å². The summed E-state index contributed by atoms with van der Waals surface area (Å²) in [6.07, 6.45) is 3.21. The van der Waals surface area contributed by atoms with Gasteiger partial charge in [0.25, 0.3) is 0 Å². The van der Waals surface area contributed by atoms with Crippen LogP contribution in [0.1, 0.15) is 44.8 Å². The summed E-state index contributed by atoms with van der Waals surface area (Å²) >= 11 is 0. The minimum Gasteiger partial charge on any atom is -0.444 e. The zero-order valence-corrected chi connectivity index (χ0v) is 12.1. The van der Waals surface area contributed by atoms with Crippen LogP contribution < -0.4 is 0 Å². The molecule has 2 heterocycles. The smallest absolute Gasteiger partial charge is 0.410 e. The Morgan fingerprint density at radius 3 is 2.84 bits per heavy atom. The zero-order chi connectivity index (χ0) is 14.0. The molecule has 5 nitrogen and oxygen atoms in total. The van der Waals surface area contributed by atoms with Crippen LogP contribution in [0.4, 0.5) is 4.79 Å². The molecule has 104 valence electrons. The number of aromatic nitrogens is 2. The summed E-state index contributed by atoms with van der Waals surface area (Å²) in [6, 6.07) is 0. The van der Waals surface area contributed by atoms with Crippen LogP contribution in [0.3, 0.4) is 0 Å². The molecule has 0 atom stereocenters. The average molecular weight is 263 g/mol. The molecule has 5 heteroatoms. The summed E-state index contributed by atoms with van der Waals surface area (Å²) in [7, 11) is 0. The lowest BCUT2D eigenvalue weighted by Gasteiger charge is -2.30. The molecule has 0 radical (unpaired) electrons. The predicted octanol–water partition coefficient (Wildman–Crippen LogP) is 2.33. The highest BCUT2D eigenvalue weighted by molar-refractivity contribution is 5.68. The molecule has 0 N–H and O–H groups in total. The van der Waals surface area contributed by atoms with Crippen LogP contribution in [0.2, 0.25) is 0 Å². The number of fused-ring (bicyclic) bond motifs is 1. The number of hydrogen-bond donors (Lipinski definition) is 0. The quantitative estimate of drug-likeness (QED) is 0.780. The zero-order valence-electron chi connectivity index (χ0n) is 12.1. The Bertz CT molecular complexity index is 480. The van der Waals surface area contributed by atoms with Gasteiger partial charge in [0.2, 0.25) is 0 Å². The number of aryl methyl sites for hydroxylation is 1. The summed E-state index contributed by atoms with van der Waals surface area (Å²) in [5.74, 6) is 0.824. The first-order chi connectivity index (χ1) is 8.89. The molecule has 0 spiro atoms. The Morgan fingerprint density at radius 2 is 2.21 bits per heavy atom. The number of amides is 1. The number of carbonyl (C=O) groups is 1. The summed E-state index contributed by atoms with van der Waals surface area (Å²) in [5, 5.41) is 0. The fraction of sp³-hybridized carbons (Fsp3) is 0.643. The minimum atomic E-state index is -0.461. The number of ether oxygens (including phenoxy) is 1. The first-order valence-corrected chi connectivity index (χ1v) is 6.70. The van der Waals surface area contributed by atoms with E-state index in [1.165, 1.54) is 0 Å². The van der Waals surface area contributed by atoms with Gasteiger partial charge in [-0.05, 0) is 32.8 Å². The first-order valence-electron chi connectivity index (χ1n) is 6.70. The van der Waals surface area contributed by atoms with Gasteiger partial charge >= 0.3 is 6.09 Å². The summed E-state index contributed by atoms with van der Waals surface area (Å²) in [5.41, 5.74) is 1.62. The van der Waals surface area contributed by atoms with Crippen LogP contribution in [0.15, 0.2) is 6.20 Å². The van der Waals surface area contributed by atoms with Crippen molar-refractivity contribution in [2.24, 2.45) is 0 Å². The number of hydrogen-bond acceptors (Lipinski definition) is 4. The highest BCUT2D eigenvalue weighted by Gasteiger charge is 2.26. The number of rotatable bonds is 1. The van der Waals surface area contributed by atoms with Gasteiger partial charge in [-0.3, -0.25) is 0 Å². The van der Waals surface area contributed by atoms with Crippen molar-refractivity contribution in [3.63, 3.8) is 0 Å². The number of nitrogens with zero attached hydrogens (tertiary/aromatic N) is 3. The SMILES string of the molecule is CCc1ncc2c(n1)CN(C(=O)OC(C)(C)C)CC2. The van der Waals surface area contributed by atoms with Crippen molar-refractivity contribution in [1.82, 2.24) is 14.9 Å². The van der Waals surface area contributed by atoms with Gasteiger partial charge in [-0.25, -0.2) is 14.8 Å². The molecular weight excluding hydrogens is 242 g/mol. The molecule has 1 aliphatic heterocycles. The van der Waals surface area contributed by atoms with Crippen molar-refractivity contribution >= 4 is 6.09 Å². The van der Waals surface area contributed by atoms with Crippen molar-refractivity contribution in [3.05, 3.63) is 23.3 Å². The third-order valence-corrected chi connectivity index (χ3v) is 2.96. The molecule has 0 saturated heterocycles. The van der Waals surface area contributed by atoms with E-state index < -0.39 is 5.60 Å². The molecular formula is C14H21N3O2. The summed E-state index contributed by atoms with van der Waals surface area (Å²) in [6.45, 7) is 8.83. The molecule has 1 aromatic heterocycles. The first kappa shape index (κ1) is 13.8. The van der Waals surface area contributed by atoms with Crippen molar-refractivity contribution in [2.45, 2.75) is 52.7 Å². The molecule has 0 bridgehead atoms. The van der Waals surface area contributed by atoms with Gasteiger partial charge in [0, 0.05) is 19.2 Å². The molecule has 0 saturated carbocycles. The van der Waals surface area contributed by atoms with Crippen molar-refractivity contribution in [1.29, 1.82) is 0 Å². The molecule has 0 aliphatic carbocycles. The normalized spacial score (nSPS) is 15.1. The monoisotopic (exact) mass is 263 g/mol. The maximum atomic E-state index is 12.0. The molecule has 19 heavy (non-hydrogen) atoms. The lowest BCUT2D eigenvalue weighted by Crippen LogP contribution is -2.40. The molecule has 1 amide bonds. The van der Waals surface area contributed by atoms with E-state index in [9.17, 15) is 4.79 Å². The van der Waals surface area contributed by atoms with Crippen LogP contribution in [0.5, 0.6) is 0 Å². The third-order valence-electron chi connectivity index (χ3n) is 2.96. The lowest BCUT2D eigenvalue weighted by molar-refractivity contribution is 0.0220.